The number of nitrogens with one attached hydrogen (secondary N) is 1. The van der Waals surface area contributed by atoms with Crippen LogP contribution in [0.15, 0.2) is 59.6 Å². The SMILES string of the molecule is CCNC(=NCC1CCOC1c1ccccc1)N(C)Cc1ccccc1C.I. The lowest BCUT2D eigenvalue weighted by Crippen LogP contribution is -2.39. The first-order valence-corrected chi connectivity index (χ1v) is 9.89. The molecule has 0 radical (unpaired) electrons. The molecule has 152 valence electrons. The van der Waals surface area contributed by atoms with Crippen LogP contribution in [0.5, 0.6) is 0 Å². The maximum Gasteiger partial charge on any atom is 0.193 e. The van der Waals surface area contributed by atoms with E-state index >= 15 is 0 Å². The first kappa shape index (κ1) is 22.7. The number of guanidine groups is 1. The standard InChI is InChI=1S/C23H31N3O.HI/c1-4-24-23(26(3)17-21-13-9-8-10-18(21)2)25-16-20-14-15-27-22(20)19-11-6-5-7-12-19;/h5-13,20,22H,4,14-17H2,1-3H3,(H,24,25);1H. The summed E-state index contributed by atoms with van der Waals surface area (Å²) in [4.78, 5) is 7.16. The molecule has 4 nitrogen and oxygen atoms in total. The summed E-state index contributed by atoms with van der Waals surface area (Å²) in [5, 5.41) is 3.44. The van der Waals surface area contributed by atoms with E-state index in [1.807, 2.05) is 0 Å². The van der Waals surface area contributed by atoms with Crippen LogP contribution in [0.25, 0.3) is 0 Å². The Hall–Kier alpha value is -1.60. The van der Waals surface area contributed by atoms with E-state index in [1.54, 1.807) is 0 Å². The predicted molar refractivity (Wildman–Crippen MR) is 127 cm³/mol. The fourth-order valence-corrected chi connectivity index (χ4v) is 3.62. The zero-order valence-corrected chi connectivity index (χ0v) is 19.4. The van der Waals surface area contributed by atoms with Crippen molar-refractivity contribution in [2.24, 2.45) is 10.9 Å². The third-order valence-corrected chi connectivity index (χ3v) is 5.18. The minimum absolute atomic E-state index is 0. The van der Waals surface area contributed by atoms with E-state index < -0.39 is 0 Å². The number of halogens is 1. The summed E-state index contributed by atoms with van der Waals surface area (Å²) in [5.41, 5.74) is 3.90. The normalized spacial score (nSPS) is 19.2. The third-order valence-electron chi connectivity index (χ3n) is 5.18. The second kappa shape index (κ2) is 11.4. The van der Waals surface area contributed by atoms with E-state index in [0.717, 1.165) is 38.6 Å². The molecule has 1 fully saturated rings. The highest BCUT2D eigenvalue weighted by Gasteiger charge is 2.29. The van der Waals surface area contributed by atoms with Crippen molar-refractivity contribution in [1.29, 1.82) is 0 Å². The zero-order valence-electron chi connectivity index (χ0n) is 17.1. The molecule has 1 aliphatic rings. The van der Waals surface area contributed by atoms with Crippen LogP contribution in [0, 0.1) is 12.8 Å². The molecule has 1 N–H and O–H groups in total. The van der Waals surface area contributed by atoms with Gasteiger partial charge in [-0.3, -0.25) is 4.99 Å². The van der Waals surface area contributed by atoms with Crippen LogP contribution in [-0.2, 0) is 11.3 Å². The highest BCUT2D eigenvalue weighted by Crippen LogP contribution is 2.34. The Morgan fingerprint density at radius 3 is 2.57 bits per heavy atom. The van der Waals surface area contributed by atoms with Crippen molar-refractivity contribution in [3.8, 4) is 0 Å². The summed E-state index contributed by atoms with van der Waals surface area (Å²) in [5.74, 6) is 1.38. The maximum atomic E-state index is 6.01. The van der Waals surface area contributed by atoms with Gasteiger partial charge in [0.05, 0.1) is 6.10 Å². The topological polar surface area (TPSA) is 36.9 Å². The highest BCUT2D eigenvalue weighted by atomic mass is 127. The van der Waals surface area contributed by atoms with Gasteiger partial charge in [0, 0.05) is 39.2 Å². The van der Waals surface area contributed by atoms with Crippen LogP contribution in [-0.4, -0.2) is 37.6 Å². The van der Waals surface area contributed by atoms with Crippen molar-refractivity contribution in [3.63, 3.8) is 0 Å². The first-order chi connectivity index (χ1) is 13.2. The highest BCUT2D eigenvalue weighted by molar-refractivity contribution is 14.0. The van der Waals surface area contributed by atoms with Gasteiger partial charge in [-0.1, -0.05) is 54.6 Å². The molecule has 0 amide bonds. The number of hydrogen-bond acceptors (Lipinski definition) is 2. The fraction of sp³-hybridized carbons (Fsp3) is 0.435. The summed E-state index contributed by atoms with van der Waals surface area (Å²) in [6.07, 6.45) is 1.21. The molecule has 1 saturated heterocycles. The molecule has 2 unspecified atom stereocenters. The largest absolute Gasteiger partial charge is 0.373 e. The van der Waals surface area contributed by atoms with Crippen LogP contribution in [0.2, 0.25) is 0 Å². The number of nitrogens with zero attached hydrogens (tertiary/aromatic N) is 2. The van der Waals surface area contributed by atoms with E-state index in [0.29, 0.717) is 5.92 Å². The van der Waals surface area contributed by atoms with Gasteiger partial charge in [-0.15, -0.1) is 24.0 Å². The number of rotatable bonds is 6. The number of ether oxygens (including phenoxy) is 1. The van der Waals surface area contributed by atoms with E-state index in [-0.39, 0.29) is 30.1 Å². The minimum Gasteiger partial charge on any atom is -0.373 e. The van der Waals surface area contributed by atoms with Gasteiger partial charge >= 0.3 is 0 Å². The summed E-state index contributed by atoms with van der Waals surface area (Å²) >= 11 is 0. The summed E-state index contributed by atoms with van der Waals surface area (Å²) < 4.78 is 6.01. The van der Waals surface area contributed by atoms with Crippen LogP contribution < -0.4 is 5.32 Å². The lowest BCUT2D eigenvalue weighted by molar-refractivity contribution is 0.0925. The van der Waals surface area contributed by atoms with Gasteiger partial charge in [0.25, 0.3) is 0 Å². The number of hydrogen-bond donors (Lipinski definition) is 1. The van der Waals surface area contributed by atoms with Gasteiger partial charge in [-0.25, -0.2) is 0 Å². The first-order valence-electron chi connectivity index (χ1n) is 9.89. The molecular formula is C23H32IN3O. The summed E-state index contributed by atoms with van der Waals surface area (Å²) in [6.45, 7) is 7.58. The molecular weight excluding hydrogens is 461 g/mol. The number of benzene rings is 2. The Balaban J connectivity index is 0.00000280. The zero-order chi connectivity index (χ0) is 19.1. The second-order valence-electron chi connectivity index (χ2n) is 7.23. The minimum atomic E-state index is 0. The molecule has 2 aromatic carbocycles. The van der Waals surface area contributed by atoms with E-state index in [9.17, 15) is 0 Å². The summed E-state index contributed by atoms with van der Waals surface area (Å²) in [6, 6.07) is 19.1. The van der Waals surface area contributed by atoms with Gasteiger partial charge < -0.3 is 15.0 Å². The molecule has 0 spiro atoms. The average molecular weight is 493 g/mol. The van der Waals surface area contributed by atoms with E-state index in [2.05, 4.69) is 85.7 Å². The lowest BCUT2D eigenvalue weighted by atomic mass is 9.95. The predicted octanol–water partition coefficient (Wildman–Crippen LogP) is 4.79. The molecule has 0 aromatic heterocycles. The summed E-state index contributed by atoms with van der Waals surface area (Å²) in [7, 11) is 2.10. The Morgan fingerprint density at radius 2 is 1.86 bits per heavy atom. The van der Waals surface area contributed by atoms with Gasteiger partial charge in [-0.05, 0) is 37.0 Å². The van der Waals surface area contributed by atoms with Crippen molar-refractivity contribution in [1.82, 2.24) is 10.2 Å². The maximum absolute atomic E-state index is 6.01. The third kappa shape index (κ3) is 5.95. The monoisotopic (exact) mass is 493 g/mol. The van der Waals surface area contributed by atoms with Crippen LogP contribution >= 0.6 is 24.0 Å². The Kier molecular flexibility index (Phi) is 9.25. The van der Waals surface area contributed by atoms with Gasteiger partial charge in [0.2, 0.25) is 0 Å². The number of aryl methyl sites for hydroxylation is 1. The molecule has 1 heterocycles. The average Bonchev–Trinajstić information content (AvgIpc) is 3.16. The second-order valence-corrected chi connectivity index (χ2v) is 7.23. The Bertz CT molecular complexity index is 751. The molecule has 2 aromatic rings. The van der Waals surface area contributed by atoms with E-state index in [1.165, 1.54) is 16.7 Å². The van der Waals surface area contributed by atoms with Crippen LogP contribution in [0.3, 0.4) is 0 Å². The van der Waals surface area contributed by atoms with Crippen molar-refractivity contribution in [2.75, 3.05) is 26.7 Å². The molecule has 0 bridgehead atoms. The van der Waals surface area contributed by atoms with Crippen molar-refractivity contribution in [2.45, 2.75) is 32.9 Å². The molecule has 1 aliphatic heterocycles. The molecule has 2 atom stereocenters. The van der Waals surface area contributed by atoms with Crippen molar-refractivity contribution >= 4 is 29.9 Å². The lowest BCUT2D eigenvalue weighted by Gasteiger charge is -2.24. The van der Waals surface area contributed by atoms with Gasteiger partial charge in [0.1, 0.15) is 0 Å². The van der Waals surface area contributed by atoms with E-state index in [4.69, 9.17) is 9.73 Å². The molecule has 0 aliphatic carbocycles. The van der Waals surface area contributed by atoms with Crippen molar-refractivity contribution < 1.29 is 4.74 Å². The molecule has 3 rings (SSSR count). The molecule has 5 heteroatoms. The molecule has 0 saturated carbocycles. The van der Waals surface area contributed by atoms with Gasteiger partial charge in [-0.2, -0.15) is 0 Å². The quantitative estimate of drug-likeness (QED) is 0.357. The Morgan fingerprint density at radius 1 is 1.14 bits per heavy atom. The van der Waals surface area contributed by atoms with Crippen molar-refractivity contribution in [3.05, 3.63) is 71.3 Å². The molecule has 28 heavy (non-hydrogen) atoms. The Labute approximate surface area is 186 Å². The fourth-order valence-electron chi connectivity index (χ4n) is 3.62. The smallest absolute Gasteiger partial charge is 0.193 e. The van der Waals surface area contributed by atoms with Crippen LogP contribution in [0.1, 0.15) is 36.1 Å². The van der Waals surface area contributed by atoms with Gasteiger partial charge in [0.15, 0.2) is 5.96 Å². The van der Waals surface area contributed by atoms with Crippen LogP contribution in [0.4, 0.5) is 0 Å². The number of aliphatic imine (C=N–C) groups is 1.